The summed E-state index contributed by atoms with van der Waals surface area (Å²) in [5, 5.41) is 10.6. The van der Waals surface area contributed by atoms with Crippen molar-refractivity contribution in [1.82, 2.24) is 10.2 Å². The van der Waals surface area contributed by atoms with Gasteiger partial charge in [-0.05, 0) is 38.1 Å². The monoisotopic (exact) mass is 584 g/mol. The molecule has 2 amide bonds. The lowest BCUT2D eigenvalue weighted by atomic mass is 10.1. The van der Waals surface area contributed by atoms with Gasteiger partial charge in [0.05, 0.1) is 11.2 Å². The van der Waals surface area contributed by atoms with Gasteiger partial charge in [-0.2, -0.15) is 8.42 Å². The molecule has 3 rings (SSSR count). The van der Waals surface area contributed by atoms with Crippen LogP contribution in [0.25, 0.3) is 0 Å². The first kappa shape index (κ1) is 29.0. The molecule has 2 N–H and O–H groups in total. The number of amides is 2. The van der Waals surface area contributed by atoms with Crippen LogP contribution in [0.3, 0.4) is 0 Å². The molecule has 0 spiro atoms. The Balaban J connectivity index is 1.92. The van der Waals surface area contributed by atoms with Crippen molar-refractivity contribution < 1.29 is 45.2 Å². The first-order chi connectivity index (χ1) is 17.7. The second-order valence-electron chi connectivity index (χ2n) is 8.11. The molecule has 0 radical (unpaired) electrons. The van der Waals surface area contributed by atoms with Crippen LogP contribution in [-0.4, -0.2) is 68.9 Å². The van der Waals surface area contributed by atoms with Crippen molar-refractivity contribution in [3.8, 4) is 5.75 Å². The van der Waals surface area contributed by atoms with E-state index in [9.17, 15) is 36.3 Å². The number of nitrogens with zero attached hydrogens (tertiary/aromatic N) is 1. The van der Waals surface area contributed by atoms with Crippen LogP contribution in [0.1, 0.15) is 12.5 Å². The van der Waals surface area contributed by atoms with Gasteiger partial charge in [-0.3, -0.25) is 14.5 Å². The number of aryl methyl sites for hydroxylation is 1. The van der Waals surface area contributed by atoms with Crippen molar-refractivity contribution >= 4 is 47.6 Å². The number of carboxylic acid groups (broad SMARTS) is 1. The smallest absolute Gasteiger partial charge is 0.356 e. The summed E-state index contributed by atoms with van der Waals surface area (Å²) in [4.78, 5) is 38.0. The normalized spacial score (nSPS) is 18.2. The third-order valence-electron chi connectivity index (χ3n) is 5.06. The van der Waals surface area contributed by atoms with E-state index in [1.165, 1.54) is 12.1 Å². The van der Waals surface area contributed by atoms with Crippen LogP contribution in [0.15, 0.2) is 70.9 Å². The van der Waals surface area contributed by atoms with Gasteiger partial charge in [0.2, 0.25) is 8.87 Å². The van der Waals surface area contributed by atoms with Crippen LogP contribution in [0, 0.1) is 6.92 Å². The Morgan fingerprint density at radius 3 is 2.21 bits per heavy atom. The number of hydrogen-bond donors (Lipinski definition) is 2. The molecule has 2 unspecified atom stereocenters. The summed E-state index contributed by atoms with van der Waals surface area (Å²) in [6.45, 7) is 2.26. The number of carboxylic acids is 1. The lowest BCUT2D eigenvalue weighted by Crippen LogP contribution is -2.70. The molecule has 1 heterocycles. The standard InChI is InChI=1S/C23H24N2O10S3/c1-14-9-11-17(12-10-14)38(32,33)36-22-19(24-18(26)13-34-16-7-5-4-6-8-16)21(27)25(22)20(23(28)29)15(2)35-37(3,30)31/h4-12,19,22H,13H2,1-3H3,(H,24,26)(H,28,29). The van der Waals surface area contributed by atoms with E-state index >= 15 is 0 Å². The molecule has 0 bridgehead atoms. The van der Waals surface area contributed by atoms with Gasteiger partial charge in [0, 0.05) is 10.8 Å². The van der Waals surface area contributed by atoms with Gasteiger partial charge in [0.25, 0.3) is 11.8 Å². The van der Waals surface area contributed by atoms with Gasteiger partial charge in [0.15, 0.2) is 12.3 Å². The maximum Gasteiger partial charge on any atom is 0.356 e. The summed E-state index contributed by atoms with van der Waals surface area (Å²) in [6, 6.07) is 12.7. The number of aliphatic carboxylic acids is 1. The molecule has 2 aromatic rings. The number of carbonyl (C=O) groups excluding carboxylic acids is 2. The number of nitrogens with one attached hydrogen (secondary N) is 1. The quantitative estimate of drug-likeness (QED) is 0.129. The summed E-state index contributed by atoms with van der Waals surface area (Å²) in [6.07, 6.45) is 0.678. The Labute approximate surface area is 223 Å². The van der Waals surface area contributed by atoms with Crippen LogP contribution >= 0.6 is 10.8 Å². The van der Waals surface area contributed by atoms with E-state index < -0.39 is 66.2 Å². The molecule has 1 aliphatic heterocycles. The number of β-lactam (4-membered cyclic amide) rings is 1. The Bertz CT molecular complexity index is 1470. The summed E-state index contributed by atoms with van der Waals surface area (Å²) >= 11 is 0. The molecule has 1 saturated heterocycles. The van der Waals surface area contributed by atoms with Gasteiger partial charge < -0.3 is 19.3 Å². The topological polar surface area (TPSA) is 173 Å². The Hall–Kier alpha value is -3.56. The zero-order valence-corrected chi connectivity index (χ0v) is 22.8. The van der Waals surface area contributed by atoms with E-state index in [4.69, 9.17) is 4.74 Å². The minimum absolute atomic E-state index is 0.116. The van der Waals surface area contributed by atoms with Crippen molar-refractivity contribution in [3.05, 3.63) is 71.6 Å². The first-order valence-corrected chi connectivity index (χ1v) is 15.5. The van der Waals surface area contributed by atoms with E-state index in [1.54, 1.807) is 49.4 Å². The van der Waals surface area contributed by atoms with Crippen molar-refractivity contribution in [2.45, 2.75) is 30.2 Å². The Morgan fingerprint density at radius 1 is 1.05 bits per heavy atom. The van der Waals surface area contributed by atoms with Gasteiger partial charge in [0.1, 0.15) is 22.9 Å². The Kier molecular flexibility index (Phi) is 8.74. The number of ether oxygens (including phenoxy) is 1. The molecule has 204 valence electrons. The van der Waals surface area contributed by atoms with E-state index in [2.05, 4.69) is 9.50 Å². The van der Waals surface area contributed by atoms with Crippen molar-refractivity contribution in [1.29, 1.82) is 0 Å². The second kappa shape index (κ2) is 11.4. The highest BCUT2D eigenvalue weighted by atomic mass is 33.1. The maximum atomic E-state index is 13.1. The number of rotatable bonds is 11. The summed E-state index contributed by atoms with van der Waals surface area (Å²) in [5.74, 6) is -3.78. The van der Waals surface area contributed by atoms with Crippen molar-refractivity contribution in [2.24, 2.45) is 0 Å². The first-order valence-electron chi connectivity index (χ1n) is 10.8. The zero-order chi connectivity index (χ0) is 28.3. The minimum Gasteiger partial charge on any atom is -0.484 e. The summed E-state index contributed by atoms with van der Waals surface area (Å²) < 4.78 is 59.4. The van der Waals surface area contributed by atoms with Crippen LogP contribution in [0.5, 0.6) is 5.75 Å². The van der Waals surface area contributed by atoms with E-state index in [-0.39, 0.29) is 15.7 Å². The molecule has 12 nitrogen and oxygen atoms in total. The molecule has 1 aliphatic rings. The molecule has 0 saturated carbocycles. The van der Waals surface area contributed by atoms with Gasteiger partial charge in [-0.25, -0.2) is 13.2 Å². The molecular formula is C23H24N2O10S3. The largest absolute Gasteiger partial charge is 0.484 e. The van der Waals surface area contributed by atoms with Gasteiger partial charge >= 0.3 is 16.1 Å². The number of para-hydroxylation sites is 1. The number of allylic oxidation sites excluding steroid dienone is 1. The molecule has 2 atom stereocenters. The average molecular weight is 585 g/mol. The number of hydrogen-bond acceptors (Lipinski definition) is 10. The fourth-order valence-electron chi connectivity index (χ4n) is 3.39. The van der Waals surface area contributed by atoms with Crippen LogP contribution in [0.2, 0.25) is 0 Å². The Morgan fingerprint density at radius 2 is 1.66 bits per heavy atom. The number of likely N-dealkylation sites (tertiary alicyclic amines) is 1. The molecule has 15 heteroatoms. The second-order valence-corrected chi connectivity index (χ2v) is 13.6. The van der Waals surface area contributed by atoms with Crippen LogP contribution < -0.4 is 10.1 Å². The highest BCUT2D eigenvalue weighted by Crippen LogP contribution is 2.40. The SMILES string of the molecule is CC(OS(C)(=O)=O)=C(C(=O)O)N1C(=O)C(NC(=O)COc2ccccc2)C1SS(=O)(=O)c1ccc(C)cc1. The summed E-state index contributed by atoms with van der Waals surface area (Å²) in [7, 11) is -8.12. The fraction of sp³-hybridized carbons (Fsp3) is 0.261. The molecular weight excluding hydrogens is 560 g/mol. The molecule has 0 aromatic heterocycles. The van der Waals surface area contributed by atoms with E-state index in [1.807, 2.05) is 0 Å². The van der Waals surface area contributed by atoms with E-state index in [0.717, 1.165) is 12.5 Å². The molecule has 1 fully saturated rings. The zero-order valence-electron chi connectivity index (χ0n) is 20.4. The molecule has 2 aromatic carbocycles. The fourth-order valence-corrected chi connectivity index (χ4v) is 7.40. The predicted octanol–water partition coefficient (Wildman–Crippen LogP) is 1.44. The molecule has 38 heavy (non-hydrogen) atoms. The van der Waals surface area contributed by atoms with Gasteiger partial charge in [-0.15, -0.1) is 0 Å². The minimum atomic E-state index is -4.17. The van der Waals surface area contributed by atoms with Crippen LogP contribution in [-0.2, 0) is 37.6 Å². The molecule has 0 aliphatic carbocycles. The lowest BCUT2D eigenvalue weighted by Gasteiger charge is -2.45. The summed E-state index contributed by atoms with van der Waals surface area (Å²) in [5.41, 5.74) is -0.0920. The highest BCUT2D eigenvalue weighted by molar-refractivity contribution is 8.72. The van der Waals surface area contributed by atoms with E-state index in [0.29, 0.717) is 16.9 Å². The number of benzene rings is 2. The predicted molar refractivity (Wildman–Crippen MR) is 137 cm³/mol. The van der Waals surface area contributed by atoms with Crippen LogP contribution in [0.4, 0.5) is 0 Å². The third-order valence-corrected chi connectivity index (χ3v) is 9.33. The lowest BCUT2D eigenvalue weighted by molar-refractivity contribution is -0.151. The van der Waals surface area contributed by atoms with Gasteiger partial charge in [-0.1, -0.05) is 35.9 Å². The highest BCUT2D eigenvalue weighted by Gasteiger charge is 2.54. The van der Waals surface area contributed by atoms with Crippen molar-refractivity contribution in [2.75, 3.05) is 12.9 Å². The maximum absolute atomic E-state index is 13.1. The number of carbonyl (C=O) groups is 3. The average Bonchev–Trinajstić information content (AvgIpc) is 2.83. The third kappa shape index (κ3) is 7.05. The van der Waals surface area contributed by atoms with Crippen molar-refractivity contribution in [3.63, 3.8) is 0 Å².